The summed E-state index contributed by atoms with van der Waals surface area (Å²) < 4.78 is 20.3. The molecule has 1 aromatic rings. The number of rotatable bonds is 3. The standard InChI is InChI=1S/C15H19BrFNO2/c16-11-4-3-10(13(17)7-11)6-14(19)15-8-18-5-1-2-12(18)9-20-15/h3-4,7,12,14-15,19H,1-2,5-6,8-9H2. The summed E-state index contributed by atoms with van der Waals surface area (Å²) in [5, 5.41) is 10.3. The number of morpholine rings is 1. The molecule has 0 saturated carbocycles. The predicted molar refractivity (Wildman–Crippen MR) is 78.1 cm³/mol. The quantitative estimate of drug-likeness (QED) is 0.914. The number of halogens is 2. The third-order valence-corrected chi connectivity index (χ3v) is 4.78. The Labute approximate surface area is 126 Å². The maximum absolute atomic E-state index is 13.8. The van der Waals surface area contributed by atoms with Crippen molar-refractivity contribution in [1.29, 1.82) is 0 Å². The number of nitrogens with zero attached hydrogens (tertiary/aromatic N) is 1. The largest absolute Gasteiger partial charge is 0.390 e. The molecule has 110 valence electrons. The summed E-state index contributed by atoms with van der Waals surface area (Å²) in [5.41, 5.74) is 0.535. The third-order valence-electron chi connectivity index (χ3n) is 4.29. The van der Waals surface area contributed by atoms with Gasteiger partial charge in [-0.2, -0.15) is 0 Å². The molecule has 3 nitrogen and oxygen atoms in total. The molecule has 0 radical (unpaired) electrons. The van der Waals surface area contributed by atoms with Gasteiger partial charge in [0.05, 0.1) is 18.8 Å². The summed E-state index contributed by atoms with van der Waals surface area (Å²) in [6, 6.07) is 5.45. The average Bonchev–Trinajstić information content (AvgIpc) is 2.89. The number of ether oxygens (including phenoxy) is 1. The number of benzene rings is 1. The van der Waals surface area contributed by atoms with Gasteiger partial charge in [0.25, 0.3) is 0 Å². The zero-order valence-electron chi connectivity index (χ0n) is 11.3. The molecule has 3 rings (SSSR count). The van der Waals surface area contributed by atoms with Crippen molar-refractivity contribution in [3.63, 3.8) is 0 Å². The fourth-order valence-corrected chi connectivity index (χ4v) is 3.45. The SMILES string of the molecule is OC(Cc1ccc(Br)cc1F)C1CN2CCCC2CO1. The first kappa shape index (κ1) is 14.4. The van der Waals surface area contributed by atoms with Crippen LogP contribution < -0.4 is 0 Å². The van der Waals surface area contributed by atoms with Crippen molar-refractivity contribution >= 4 is 15.9 Å². The highest BCUT2D eigenvalue weighted by Gasteiger charge is 2.35. The van der Waals surface area contributed by atoms with Gasteiger partial charge in [0.1, 0.15) is 5.82 Å². The first-order valence-electron chi connectivity index (χ1n) is 7.11. The monoisotopic (exact) mass is 343 g/mol. The van der Waals surface area contributed by atoms with E-state index in [-0.39, 0.29) is 11.9 Å². The molecule has 0 bridgehead atoms. The van der Waals surface area contributed by atoms with Crippen LogP contribution >= 0.6 is 15.9 Å². The molecule has 0 amide bonds. The number of hydrogen-bond acceptors (Lipinski definition) is 3. The first-order valence-corrected chi connectivity index (χ1v) is 7.90. The molecule has 5 heteroatoms. The number of fused-ring (bicyclic) bond motifs is 1. The van der Waals surface area contributed by atoms with E-state index in [4.69, 9.17) is 4.74 Å². The zero-order chi connectivity index (χ0) is 14.1. The Morgan fingerprint density at radius 1 is 1.50 bits per heavy atom. The second-order valence-electron chi connectivity index (χ2n) is 5.67. The van der Waals surface area contributed by atoms with Crippen LogP contribution in [0.15, 0.2) is 22.7 Å². The van der Waals surface area contributed by atoms with E-state index in [0.717, 1.165) is 13.1 Å². The molecule has 3 atom stereocenters. The van der Waals surface area contributed by atoms with Gasteiger partial charge >= 0.3 is 0 Å². The van der Waals surface area contributed by atoms with Gasteiger partial charge in [0.2, 0.25) is 0 Å². The van der Waals surface area contributed by atoms with E-state index < -0.39 is 6.10 Å². The fraction of sp³-hybridized carbons (Fsp3) is 0.600. The second kappa shape index (κ2) is 6.10. The molecule has 0 aromatic heterocycles. The van der Waals surface area contributed by atoms with Crippen molar-refractivity contribution < 1.29 is 14.2 Å². The van der Waals surface area contributed by atoms with Crippen LogP contribution in [-0.4, -0.2) is 48.0 Å². The van der Waals surface area contributed by atoms with Crippen molar-refractivity contribution in [3.8, 4) is 0 Å². The maximum atomic E-state index is 13.8. The van der Waals surface area contributed by atoms with Crippen molar-refractivity contribution in [2.45, 2.75) is 37.5 Å². The molecule has 0 aliphatic carbocycles. The fourth-order valence-electron chi connectivity index (χ4n) is 3.12. The van der Waals surface area contributed by atoms with Crippen molar-refractivity contribution in [1.82, 2.24) is 4.90 Å². The van der Waals surface area contributed by atoms with Crippen LogP contribution in [0, 0.1) is 5.82 Å². The van der Waals surface area contributed by atoms with Crippen LogP contribution in [-0.2, 0) is 11.2 Å². The van der Waals surface area contributed by atoms with Gasteiger partial charge in [-0.05, 0) is 37.1 Å². The predicted octanol–water partition coefficient (Wildman–Crippen LogP) is 2.35. The number of aliphatic hydroxyl groups excluding tert-OH is 1. The Morgan fingerprint density at radius 2 is 2.35 bits per heavy atom. The molecule has 20 heavy (non-hydrogen) atoms. The van der Waals surface area contributed by atoms with Crippen LogP contribution in [0.5, 0.6) is 0 Å². The molecule has 1 N–H and O–H groups in total. The van der Waals surface area contributed by atoms with Crippen LogP contribution in [0.25, 0.3) is 0 Å². The smallest absolute Gasteiger partial charge is 0.127 e. The van der Waals surface area contributed by atoms with Crippen molar-refractivity contribution in [3.05, 3.63) is 34.1 Å². The minimum Gasteiger partial charge on any atom is -0.390 e. The average molecular weight is 344 g/mol. The molecule has 2 fully saturated rings. The van der Waals surface area contributed by atoms with Crippen LogP contribution in [0.2, 0.25) is 0 Å². The van der Waals surface area contributed by atoms with E-state index in [0.29, 0.717) is 29.1 Å². The van der Waals surface area contributed by atoms with Gasteiger partial charge < -0.3 is 9.84 Å². The maximum Gasteiger partial charge on any atom is 0.127 e. The lowest BCUT2D eigenvalue weighted by Crippen LogP contribution is -2.50. The highest BCUT2D eigenvalue weighted by Crippen LogP contribution is 2.25. The minimum absolute atomic E-state index is 0.215. The molecule has 2 heterocycles. The Hall–Kier alpha value is -0.490. The Kier molecular flexibility index (Phi) is 4.40. The molecular formula is C15H19BrFNO2. The van der Waals surface area contributed by atoms with Gasteiger partial charge in [0, 0.05) is 23.5 Å². The minimum atomic E-state index is -0.660. The summed E-state index contributed by atoms with van der Waals surface area (Å²) in [5.74, 6) is -0.284. The molecular weight excluding hydrogens is 325 g/mol. The van der Waals surface area contributed by atoms with Crippen LogP contribution in [0.4, 0.5) is 4.39 Å². The lowest BCUT2D eigenvalue weighted by atomic mass is 10.0. The molecule has 0 spiro atoms. The molecule has 1 aromatic carbocycles. The van der Waals surface area contributed by atoms with E-state index in [1.807, 2.05) is 0 Å². The molecule has 3 unspecified atom stereocenters. The third kappa shape index (κ3) is 3.06. The number of aliphatic hydroxyl groups is 1. The lowest BCUT2D eigenvalue weighted by Gasteiger charge is -2.37. The Morgan fingerprint density at radius 3 is 3.15 bits per heavy atom. The molecule has 2 aliphatic heterocycles. The highest BCUT2D eigenvalue weighted by molar-refractivity contribution is 9.10. The van der Waals surface area contributed by atoms with E-state index in [2.05, 4.69) is 20.8 Å². The summed E-state index contributed by atoms with van der Waals surface area (Å²) >= 11 is 3.24. The Bertz CT molecular complexity index is 485. The van der Waals surface area contributed by atoms with Crippen molar-refractivity contribution in [2.24, 2.45) is 0 Å². The summed E-state index contributed by atoms with van der Waals surface area (Å²) in [7, 11) is 0. The van der Waals surface area contributed by atoms with Crippen LogP contribution in [0.1, 0.15) is 18.4 Å². The Balaban J connectivity index is 1.62. The van der Waals surface area contributed by atoms with E-state index in [1.165, 1.54) is 18.9 Å². The molecule has 2 saturated heterocycles. The van der Waals surface area contributed by atoms with E-state index >= 15 is 0 Å². The lowest BCUT2D eigenvalue weighted by molar-refractivity contribution is -0.101. The normalized spacial score (nSPS) is 28.4. The second-order valence-corrected chi connectivity index (χ2v) is 6.59. The van der Waals surface area contributed by atoms with Gasteiger partial charge in [-0.25, -0.2) is 4.39 Å². The number of hydrogen-bond donors (Lipinski definition) is 1. The topological polar surface area (TPSA) is 32.7 Å². The van der Waals surface area contributed by atoms with Crippen LogP contribution in [0.3, 0.4) is 0 Å². The highest BCUT2D eigenvalue weighted by atomic mass is 79.9. The summed E-state index contributed by atoms with van der Waals surface area (Å²) in [4.78, 5) is 2.38. The van der Waals surface area contributed by atoms with Gasteiger partial charge in [0.15, 0.2) is 0 Å². The first-order chi connectivity index (χ1) is 9.63. The summed E-state index contributed by atoms with van der Waals surface area (Å²) in [6.45, 7) is 2.53. The zero-order valence-corrected chi connectivity index (χ0v) is 12.9. The van der Waals surface area contributed by atoms with Gasteiger partial charge in [-0.1, -0.05) is 22.0 Å². The molecule has 2 aliphatic rings. The van der Waals surface area contributed by atoms with E-state index in [9.17, 15) is 9.50 Å². The van der Waals surface area contributed by atoms with Crippen molar-refractivity contribution in [2.75, 3.05) is 19.7 Å². The van der Waals surface area contributed by atoms with Gasteiger partial charge in [-0.3, -0.25) is 4.90 Å². The summed E-state index contributed by atoms with van der Waals surface area (Å²) in [6.07, 6.45) is 1.81. The van der Waals surface area contributed by atoms with E-state index in [1.54, 1.807) is 12.1 Å². The van der Waals surface area contributed by atoms with Gasteiger partial charge in [-0.15, -0.1) is 0 Å².